The van der Waals surface area contributed by atoms with Crippen LogP contribution in [-0.4, -0.2) is 46.0 Å². The molecular weight excluding hydrogens is 352 g/mol. The smallest absolute Gasteiger partial charge is 0.220 e. The summed E-state index contributed by atoms with van der Waals surface area (Å²) in [6.07, 6.45) is 8.70. The lowest BCUT2D eigenvalue weighted by atomic mass is 9.87. The minimum Gasteiger partial charge on any atom is -0.497 e. The van der Waals surface area contributed by atoms with Crippen LogP contribution in [0.25, 0.3) is 11.4 Å². The third kappa shape index (κ3) is 3.87. The molecule has 0 saturated carbocycles. The van der Waals surface area contributed by atoms with Gasteiger partial charge in [0, 0.05) is 49.1 Å². The molecule has 1 aromatic carbocycles. The molecule has 1 aromatic heterocycles. The summed E-state index contributed by atoms with van der Waals surface area (Å²) in [7, 11) is 1.66. The quantitative estimate of drug-likeness (QED) is 0.882. The van der Waals surface area contributed by atoms with Crippen LogP contribution in [-0.2, 0) is 11.3 Å². The topological polar surface area (TPSA) is 67.3 Å². The number of nitrogens with zero attached hydrogens (tertiary/aromatic N) is 3. The summed E-state index contributed by atoms with van der Waals surface area (Å²) in [5, 5.41) is 3.29. The Balaban J connectivity index is 1.46. The van der Waals surface area contributed by atoms with Crippen LogP contribution in [0.4, 0.5) is 0 Å². The highest BCUT2D eigenvalue weighted by Crippen LogP contribution is 2.34. The van der Waals surface area contributed by atoms with Gasteiger partial charge in [0.05, 0.1) is 12.6 Å². The van der Waals surface area contributed by atoms with Crippen molar-refractivity contribution in [1.29, 1.82) is 0 Å². The van der Waals surface area contributed by atoms with E-state index in [0.29, 0.717) is 12.5 Å². The van der Waals surface area contributed by atoms with Crippen LogP contribution in [0.5, 0.6) is 5.75 Å². The largest absolute Gasteiger partial charge is 0.497 e. The number of benzene rings is 1. The molecule has 0 radical (unpaired) electrons. The summed E-state index contributed by atoms with van der Waals surface area (Å²) in [6.45, 7) is 4.00. The molecule has 148 valence electrons. The lowest BCUT2D eigenvalue weighted by Crippen LogP contribution is -2.55. The molecule has 2 saturated heterocycles. The van der Waals surface area contributed by atoms with Crippen molar-refractivity contribution >= 4 is 5.91 Å². The number of ether oxygens (including phenoxy) is 1. The Labute approximate surface area is 166 Å². The molecule has 3 heterocycles. The Morgan fingerprint density at radius 1 is 1.21 bits per heavy atom. The first kappa shape index (κ1) is 18.9. The minimum absolute atomic E-state index is 0.124. The van der Waals surface area contributed by atoms with Crippen molar-refractivity contribution in [2.24, 2.45) is 0 Å². The van der Waals surface area contributed by atoms with E-state index in [1.54, 1.807) is 7.11 Å². The Kier molecular flexibility index (Phi) is 5.31. The number of methoxy groups -OCH3 is 1. The molecule has 2 fully saturated rings. The number of amides is 1. The highest BCUT2D eigenvalue weighted by molar-refractivity contribution is 5.77. The molecule has 1 N–H and O–H groups in total. The number of hydrogen-bond acceptors (Lipinski definition) is 5. The van der Waals surface area contributed by atoms with Crippen molar-refractivity contribution < 1.29 is 9.53 Å². The summed E-state index contributed by atoms with van der Waals surface area (Å²) < 4.78 is 5.20. The number of fused-ring (bicyclic) bond motifs is 1. The van der Waals surface area contributed by atoms with Gasteiger partial charge in [-0.1, -0.05) is 6.42 Å². The van der Waals surface area contributed by atoms with E-state index in [9.17, 15) is 4.79 Å². The van der Waals surface area contributed by atoms with Crippen LogP contribution in [0.3, 0.4) is 0 Å². The van der Waals surface area contributed by atoms with Crippen LogP contribution < -0.4 is 10.1 Å². The first-order valence-corrected chi connectivity index (χ1v) is 10.1. The molecule has 1 amide bonds. The summed E-state index contributed by atoms with van der Waals surface area (Å²) in [5.74, 6) is 1.74. The van der Waals surface area contributed by atoms with E-state index in [4.69, 9.17) is 4.74 Å². The number of aromatic nitrogens is 2. The Bertz CT molecular complexity index is 821. The maximum Gasteiger partial charge on any atom is 0.220 e. The van der Waals surface area contributed by atoms with Gasteiger partial charge in [-0.3, -0.25) is 9.69 Å². The van der Waals surface area contributed by atoms with Gasteiger partial charge in [-0.2, -0.15) is 0 Å². The standard InChI is InChI=1S/C22H28N4O2/c1-22-11-12-26(19(22)5-3-4-6-20(27)25-22)15-16-13-23-21(24-14-16)17-7-9-18(28-2)10-8-17/h7-10,13-14,19H,3-6,11-12,15H2,1-2H3,(H,25,27)/t19-,22-/m1/s1. The van der Waals surface area contributed by atoms with Crippen LogP contribution in [0.15, 0.2) is 36.7 Å². The number of hydrogen-bond donors (Lipinski definition) is 1. The summed E-state index contributed by atoms with van der Waals surface area (Å²) >= 11 is 0. The fourth-order valence-electron chi connectivity index (χ4n) is 4.50. The zero-order valence-corrected chi connectivity index (χ0v) is 16.6. The van der Waals surface area contributed by atoms with E-state index in [0.717, 1.165) is 61.5 Å². The summed E-state index contributed by atoms with van der Waals surface area (Å²) in [5.41, 5.74) is 1.96. The molecule has 0 aliphatic carbocycles. The van der Waals surface area contributed by atoms with Gasteiger partial charge in [0.2, 0.25) is 5.91 Å². The average molecular weight is 380 g/mol. The van der Waals surface area contributed by atoms with Gasteiger partial charge in [-0.05, 0) is 50.5 Å². The number of carbonyl (C=O) groups excluding carboxylic acids is 1. The molecule has 28 heavy (non-hydrogen) atoms. The molecule has 2 aliphatic heterocycles. The predicted octanol–water partition coefficient (Wildman–Crippen LogP) is 3.18. The zero-order chi connectivity index (χ0) is 19.6. The zero-order valence-electron chi connectivity index (χ0n) is 16.6. The molecule has 0 unspecified atom stereocenters. The van der Waals surface area contributed by atoms with Gasteiger partial charge in [0.15, 0.2) is 5.82 Å². The lowest BCUT2D eigenvalue weighted by Gasteiger charge is -2.37. The fraction of sp³-hybridized carbons (Fsp3) is 0.500. The van der Waals surface area contributed by atoms with E-state index < -0.39 is 0 Å². The number of carbonyl (C=O) groups is 1. The van der Waals surface area contributed by atoms with Crippen molar-refractivity contribution in [3.05, 3.63) is 42.2 Å². The van der Waals surface area contributed by atoms with E-state index in [1.165, 1.54) is 0 Å². The summed E-state index contributed by atoms with van der Waals surface area (Å²) in [4.78, 5) is 23.7. The van der Waals surface area contributed by atoms with Crippen LogP contribution >= 0.6 is 0 Å². The van der Waals surface area contributed by atoms with Crippen molar-refractivity contribution in [1.82, 2.24) is 20.2 Å². The van der Waals surface area contributed by atoms with Crippen molar-refractivity contribution in [3.63, 3.8) is 0 Å². The lowest BCUT2D eigenvalue weighted by molar-refractivity contribution is -0.123. The second-order valence-corrected chi connectivity index (χ2v) is 8.09. The van der Waals surface area contributed by atoms with Gasteiger partial charge in [-0.25, -0.2) is 9.97 Å². The number of nitrogens with one attached hydrogen (secondary N) is 1. The molecule has 4 rings (SSSR count). The SMILES string of the molecule is COc1ccc(-c2ncc(CN3CC[C@@]4(C)NC(=O)CCCC[C@@H]34)cn2)cc1. The third-order valence-electron chi connectivity index (χ3n) is 6.09. The van der Waals surface area contributed by atoms with E-state index >= 15 is 0 Å². The average Bonchev–Trinajstić information content (AvgIpc) is 2.99. The van der Waals surface area contributed by atoms with Crippen molar-refractivity contribution in [2.75, 3.05) is 13.7 Å². The van der Waals surface area contributed by atoms with Crippen molar-refractivity contribution in [2.45, 2.75) is 57.2 Å². The second-order valence-electron chi connectivity index (χ2n) is 8.09. The van der Waals surface area contributed by atoms with Gasteiger partial charge >= 0.3 is 0 Å². The molecule has 6 heteroatoms. The Hall–Kier alpha value is -2.47. The Morgan fingerprint density at radius 2 is 1.96 bits per heavy atom. The first-order chi connectivity index (χ1) is 13.6. The molecule has 0 bridgehead atoms. The maximum atomic E-state index is 12.1. The molecule has 2 aliphatic rings. The van der Waals surface area contributed by atoms with E-state index in [-0.39, 0.29) is 11.4 Å². The fourth-order valence-corrected chi connectivity index (χ4v) is 4.50. The van der Waals surface area contributed by atoms with E-state index in [2.05, 4.69) is 27.1 Å². The molecule has 2 aromatic rings. The summed E-state index contributed by atoms with van der Waals surface area (Å²) in [6, 6.07) is 8.15. The Morgan fingerprint density at radius 3 is 2.68 bits per heavy atom. The third-order valence-corrected chi connectivity index (χ3v) is 6.09. The minimum atomic E-state index is -0.124. The number of likely N-dealkylation sites (tertiary alicyclic amines) is 1. The first-order valence-electron chi connectivity index (χ1n) is 10.1. The van der Waals surface area contributed by atoms with Gasteiger partial charge < -0.3 is 10.1 Å². The van der Waals surface area contributed by atoms with Crippen LogP contribution in [0, 0.1) is 0 Å². The molecular formula is C22H28N4O2. The van der Waals surface area contributed by atoms with Crippen molar-refractivity contribution in [3.8, 4) is 17.1 Å². The van der Waals surface area contributed by atoms with Crippen LogP contribution in [0.1, 0.15) is 44.6 Å². The maximum absolute atomic E-state index is 12.1. The van der Waals surface area contributed by atoms with Gasteiger partial charge in [0.1, 0.15) is 5.75 Å². The highest BCUT2D eigenvalue weighted by atomic mass is 16.5. The predicted molar refractivity (Wildman–Crippen MR) is 108 cm³/mol. The monoisotopic (exact) mass is 380 g/mol. The second kappa shape index (κ2) is 7.87. The molecule has 6 nitrogen and oxygen atoms in total. The molecule has 0 spiro atoms. The number of rotatable bonds is 4. The van der Waals surface area contributed by atoms with Gasteiger partial charge in [0.25, 0.3) is 0 Å². The molecule has 2 atom stereocenters. The highest BCUT2D eigenvalue weighted by Gasteiger charge is 2.44. The normalized spacial score (nSPS) is 25.5. The van der Waals surface area contributed by atoms with Gasteiger partial charge in [-0.15, -0.1) is 0 Å². The van der Waals surface area contributed by atoms with Crippen LogP contribution in [0.2, 0.25) is 0 Å². The van der Waals surface area contributed by atoms with E-state index in [1.807, 2.05) is 36.7 Å².